The Morgan fingerprint density at radius 1 is 1.24 bits per heavy atom. The van der Waals surface area contributed by atoms with E-state index in [0.717, 1.165) is 37.6 Å². The molecule has 1 aromatic rings. The van der Waals surface area contributed by atoms with Crippen LogP contribution in [0.4, 0.5) is 0 Å². The molecule has 0 aliphatic carbocycles. The summed E-state index contributed by atoms with van der Waals surface area (Å²) in [5.41, 5.74) is 1.01. The second-order valence-electron chi connectivity index (χ2n) is 3.64. The van der Waals surface area contributed by atoms with E-state index in [1.807, 2.05) is 36.5 Å². The molecular weight excluding hydrogens is 236 g/mol. The summed E-state index contributed by atoms with van der Waals surface area (Å²) in [6.07, 6.45) is 1.89. The Morgan fingerprint density at radius 2 is 1.88 bits per heavy atom. The molecule has 0 spiro atoms. The van der Waals surface area contributed by atoms with Crippen LogP contribution in [0.25, 0.3) is 0 Å². The summed E-state index contributed by atoms with van der Waals surface area (Å²) in [6, 6.07) is 9.86. The maximum absolute atomic E-state index is 8.75. The molecule has 1 saturated heterocycles. The predicted octanol–water partition coefficient (Wildman–Crippen LogP) is 1.24. The topological polar surface area (TPSA) is 51.4 Å². The number of nitrogens with zero attached hydrogens (tertiary/aromatic N) is 3. The van der Waals surface area contributed by atoms with Crippen LogP contribution in [0.2, 0.25) is 0 Å². The zero-order valence-electron chi connectivity index (χ0n) is 9.47. The summed E-state index contributed by atoms with van der Waals surface area (Å²) in [7, 11) is 0. The lowest BCUT2D eigenvalue weighted by Gasteiger charge is -2.29. The minimum Gasteiger partial charge on any atom is -0.353 e. The Morgan fingerprint density at radius 3 is 2.47 bits per heavy atom. The monoisotopic (exact) mass is 250 g/mol. The van der Waals surface area contributed by atoms with E-state index in [9.17, 15) is 0 Å². The van der Waals surface area contributed by atoms with Crippen LogP contribution >= 0.6 is 12.4 Å². The van der Waals surface area contributed by atoms with Gasteiger partial charge in [-0.3, -0.25) is 0 Å². The number of hydrogen-bond donors (Lipinski definition) is 1. The van der Waals surface area contributed by atoms with Crippen LogP contribution in [0.15, 0.2) is 35.3 Å². The van der Waals surface area contributed by atoms with E-state index in [1.54, 1.807) is 0 Å². The Kier molecular flexibility index (Phi) is 5.47. The maximum Gasteiger partial charge on any atom is 0.207 e. The smallest absolute Gasteiger partial charge is 0.207 e. The van der Waals surface area contributed by atoms with Crippen molar-refractivity contribution in [3.05, 3.63) is 35.9 Å². The Labute approximate surface area is 107 Å². The number of rotatable bonds is 1. The number of amidine groups is 1. The molecule has 0 aromatic heterocycles. The van der Waals surface area contributed by atoms with Gasteiger partial charge in [-0.15, -0.1) is 12.4 Å². The van der Waals surface area contributed by atoms with Crippen LogP contribution in [-0.4, -0.2) is 36.9 Å². The molecule has 0 radical (unpaired) electrons. The highest BCUT2D eigenvalue weighted by Crippen LogP contribution is 2.07. The summed E-state index contributed by atoms with van der Waals surface area (Å²) < 4.78 is 0. The average molecular weight is 251 g/mol. The molecule has 1 aliphatic heterocycles. The first-order valence-corrected chi connectivity index (χ1v) is 5.39. The molecule has 1 aromatic carbocycles. The first kappa shape index (κ1) is 13.5. The van der Waals surface area contributed by atoms with Gasteiger partial charge in [0, 0.05) is 31.7 Å². The van der Waals surface area contributed by atoms with Crippen molar-refractivity contribution < 1.29 is 0 Å². The lowest BCUT2D eigenvalue weighted by Crippen LogP contribution is -2.46. The quantitative estimate of drug-likeness (QED) is 0.464. The van der Waals surface area contributed by atoms with Gasteiger partial charge in [-0.25, -0.2) is 0 Å². The second-order valence-corrected chi connectivity index (χ2v) is 3.64. The van der Waals surface area contributed by atoms with Crippen LogP contribution in [0.3, 0.4) is 0 Å². The molecular formula is C12H15ClN4. The molecule has 0 bridgehead atoms. The summed E-state index contributed by atoms with van der Waals surface area (Å²) in [5.74, 6) is 0.782. The molecule has 1 heterocycles. The highest BCUT2D eigenvalue weighted by atomic mass is 35.5. The van der Waals surface area contributed by atoms with Gasteiger partial charge in [0.15, 0.2) is 0 Å². The lowest BCUT2D eigenvalue weighted by molar-refractivity contribution is 0.358. The summed E-state index contributed by atoms with van der Waals surface area (Å²) in [4.78, 5) is 6.09. The SMILES string of the molecule is Cl.N#C/N=C(\c1ccccc1)N1CCNCC1. The third-order valence-corrected chi connectivity index (χ3v) is 2.60. The van der Waals surface area contributed by atoms with Crippen LogP contribution < -0.4 is 5.32 Å². The average Bonchev–Trinajstić information content (AvgIpc) is 2.38. The lowest BCUT2D eigenvalue weighted by atomic mass is 10.2. The summed E-state index contributed by atoms with van der Waals surface area (Å²) in [6.45, 7) is 3.68. The zero-order valence-corrected chi connectivity index (χ0v) is 10.3. The number of halogens is 1. The van der Waals surface area contributed by atoms with Crippen molar-refractivity contribution in [2.75, 3.05) is 26.2 Å². The van der Waals surface area contributed by atoms with Gasteiger partial charge in [-0.1, -0.05) is 30.3 Å². The van der Waals surface area contributed by atoms with E-state index in [4.69, 9.17) is 5.26 Å². The fourth-order valence-corrected chi connectivity index (χ4v) is 1.83. The molecule has 17 heavy (non-hydrogen) atoms. The summed E-state index contributed by atoms with van der Waals surface area (Å²) in [5, 5.41) is 12.0. The molecule has 90 valence electrons. The van der Waals surface area contributed by atoms with Crippen molar-refractivity contribution in [1.29, 1.82) is 5.26 Å². The van der Waals surface area contributed by atoms with Gasteiger partial charge in [0.05, 0.1) is 0 Å². The zero-order chi connectivity index (χ0) is 11.2. The Balaban J connectivity index is 0.00000144. The fourth-order valence-electron chi connectivity index (χ4n) is 1.83. The van der Waals surface area contributed by atoms with Crippen LogP contribution in [0, 0.1) is 11.5 Å². The molecule has 1 fully saturated rings. The molecule has 4 nitrogen and oxygen atoms in total. The van der Waals surface area contributed by atoms with E-state index < -0.39 is 0 Å². The van der Waals surface area contributed by atoms with E-state index >= 15 is 0 Å². The Hall–Kier alpha value is -1.57. The first-order chi connectivity index (χ1) is 7.92. The van der Waals surface area contributed by atoms with Gasteiger partial charge in [0.1, 0.15) is 5.84 Å². The first-order valence-electron chi connectivity index (χ1n) is 5.39. The van der Waals surface area contributed by atoms with Crippen molar-refractivity contribution in [3.8, 4) is 6.19 Å². The number of nitriles is 1. The minimum atomic E-state index is 0. The van der Waals surface area contributed by atoms with Crippen LogP contribution in [0.5, 0.6) is 0 Å². The largest absolute Gasteiger partial charge is 0.353 e. The fraction of sp³-hybridized carbons (Fsp3) is 0.333. The Bertz CT molecular complexity index is 404. The van der Waals surface area contributed by atoms with E-state index in [0.29, 0.717) is 0 Å². The van der Waals surface area contributed by atoms with Crippen molar-refractivity contribution in [2.45, 2.75) is 0 Å². The number of piperazine rings is 1. The highest BCUT2D eigenvalue weighted by molar-refractivity contribution is 5.99. The van der Waals surface area contributed by atoms with Gasteiger partial charge in [-0.05, 0) is 0 Å². The van der Waals surface area contributed by atoms with Crippen molar-refractivity contribution in [3.63, 3.8) is 0 Å². The number of hydrogen-bond acceptors (Lipinski definition) is 3. The molecule has 0 saturated carbocycles. The molecule has 5 heteroatoms. The third-order valence-electron chi connectivity index (χ3n) is 2.60. The van der Waals surface area contributed by atoms with Gasteiger partial charge in [0.2, 0.25) is 6.19 Å². The molecule has 1 aliphatic rings. The normalized spacial score (nSPS) is 15.9. The van der Waals surface area contributed by atoms with Crippen molar-refractivity contribution >= 4 is 18.2 Å². The van der Waals surface area contributed by atoms with Gasteiger partial charge in [0.25, 0.3) is 0 Å². The van der Waals surface area contributed by atoms with Crippen LogP contribution in [0.1, 0.15) is 5.56 Å². The van der Waals surface area contributed by atoms with Crippen molar-refractivity contribution in [2.24, 2.45) is 4.99 Å². The van der Waals surface area contributed by atoms with E-state index in [1.165, 1.54) is 0 Å². The molecule has 2 rings (SSSR count). The summed E-state index contributed by atoms with van der Waals surface area (Å²) >= 11 is 0. The molecule has 0 atom stereocenters. The maximum atomic E-state index is 8.75. The van der Waals surface area contributed by atoms with Crippen molar-refractivity contribution in [1.82, 2.24) is 10.2 Å². The molecule has 0 unspecified atom stereocenters. The second kappa shape index (κ2) is 6.89. The van der Waals surface area contributed by atoms with Gasteiger partial charge >= 0.3 is 0 Å². The molecule has 1 N–H and O–H groups in total. The van der Waals surface area contributed by atoms with Crippen LogP contribution in [-0.2, 0) is 0 Å². The molecule has 0 amide bonds. The minimum absolute atomic E-state index is 0. The van der Waals surface area contributed by atoms with E-state index in [-0.39, 0.29) is 12.4 Å². The predicted molar refractivity (Wildman–Crippen MR) is 70.3 cm³/mol. The standard InChI is InChI=1S/C12H14N4.ClH/c13-10-15-12(11-4-2-1-3-5-11)16-8-6-14-7-9-16;/h1-5,14H,6-9H2;1H/b15-12+;. The number of aliphatic imine (C=N–C) groups is 1. The van der Waals surface area contributed by atoms with Gasteiger partial charge in [-0.2, -0.15) is 10.3 Å². The third kappa shape index (κ3) is 3.45. The van der Waals surface area contributed by atoms with Gasteiger partial charge < -0.3 is 10.2 Å². The number of benzene rings is 1. The number of nitrogens with one attached hydrogen (secondary N) is 1. The van der Waals surface area contributed by atoms with E-state index in [2.05, 4.69) is 15.2 Å². The highest BCUT2D eigenvalue weighted by Gasteiger charge is 2.15.